The van der Waals surface area contributed by atoms with Crippen LogP contribution in [-0.2, 0) is 0 Å². The van der Waals surface area contributed by atoms with E-state index in [1.165, 1.54) is 23.5 Å². The molecule has 0 radical (unpaired) electrons. The number of anilines is 1. The quantitative estimate of drug-likeness (QED) is 0.515. The molecule has 0 unspecified atom stereocenters. The first-order valence-corrected chi connectivity index (χ1v) is 8.36. The fraction of sp³-hybridized carbons (Fsp3) is 0. The summed E-state index contributed by atoms with van der Waals surface area (Å²) in [4.78, 5) is 16.9. The number of fused-ring (bicyclic) bond motifs is 2. The lowest BCUT2D eigenvalue weighted by atomic mass is 10.0. The molecule has 1 amide bonds. The summed E-state index contributed by atoms with van der Waals surface area (Å²) in [6.07, 6.45) is 0. The zero-order chi connectivity index (χ0) is 16.7. The van der Waals surface area contributed by atoms with Crippen molar-refractivity contribution in [2.75, 3.05) is 5.32 Å². The molecule has 4 aromatic rings. The van der Waals surface area contributed by atoms with Crippen molar-refractivity contribution in [3.63, 3.8) is 0 Å². The Morgan fingerprint density at radius 1 is 1.08 bits per heavy atom. The van der Waals surface area contributed by atoms with Gasteiger partial charge in [0.15, 0.2) is 5.13 Å². The molecule has 24 heavy (non-hydrogen) atoms. The van der Waals surface area contributed by atoms with Gasteiger partial charge in [-0.25, -0.2) is 9.37 Å². The van der Waals surface area contributed by atoms with E-state index in [1.54, 1.807) is 24.3 Å². The van der Waals surface area contributed by atoms with Gasteiger partial charge in [0.05, 0.1) is 10.2 Å². The van der Waals surface area contributed by atoms with Gasteiger partial charge in [-0.2, -0.15) is 0 Å². The molecule has 0 aliphatic rings. The van der Waals surface area contributed by atoms with Gasteiger partial charge in [0.1, 0.15) is 5.82 Å². The first kappa shape index (κ1) is 15.1. The molecule has 0 aliphatic carbocycles. The minimum atomic E-state index is -0.326. The number of rotatable bonds is 2. The molecule has 0 saturated heterocycles. The highest BCUT2D eigenvalue weighted by molar-refractivity contribution is 7.22. The Hall–Kier alpha value is -2.50. The topological polar surface area (TPSA) is 42.0 Å². The average molecular weight is 357 g/mol. The van der Waals surface area contributed by atoms with Crippen LogP contribution in [0.2, 0.25) is 5.02 Å². The van der Waals surface area contributed by atoms with Gasteiger partial charge in [0.25, 0.3) is 5.91 Å². The molecule has 0 fully saturated rings. The summed E-state index contributed by atoms with van der Waals surface area (Å²) in [6, 6.07) is 15.2. The number of hydrogen-bond acceptors (Lipinski definition) is 3. The maximum Gasteiger partial charge on any atom is 0.258 e. The van der Waals surface area contributed by atoms with Gasteiger partial charge in [0.2, 0.25) is 0 Å². The number of hydrogen-bond donors (Lipinski definition) is 1. The summed E-state index contributed by atoms with van der Waals surface area (Å²) >= 11 is 7.42. The van der Waals surface area contributed by atoms with Crippen LogP contribution < -0.4 is 5.32 Å². The van der Waals surface area contributed by atoms with Crippen LogP contribution in [0.3, 0.4) is 0 Å². The average Bonchev–Trinajstić information content (AvgIpc) is 2.96. The number of amides is 1. The summed E-state index contributed by atoms with van der Waals surface area (Å²) in [7, 11) is 0. The van der Waals surface area contributed by atoms with Crippen molar-refractivity contribution in [2.45, 2.75) is 0 Å². The third kappa shape index (κ3) is 2.62. The first-order valence-electron chi connectivity index (χ1n) is 7.16. The van der Waals surface area contributed by atoms with Gasteiger partial charge < -0.3 is 0 Å². The second-order valence-electron chi connectivity index (χ2n) is 5.23. The summed E-state index contributed by atoms with van der Waals surface area (Å²) in [5.41, 5.74) is 1.16. The van der Waals surface area contributed by atoms with Gasteiger partial charge in [-0.1, -0.05) is 47.2 Å². The SMILES string of the molecule is O=C(Nc1nc2ccc(F)cc2s1)c1cccc2c(Cl)cccc12. The molecule has 1 N–H and O–H groups in total. The van der Waals surface area contributed by atoms with Crippen molar-refractivity contribution in [3.05, 3.63) is 71.0 Å². The van der Waals surface area contributed by atoms with E-state index < -0.39 is 0 Å². The van der Waals surface area contributed by atoms with E-state index in [0.717, 1.165) is 10.8 Å². The Balaban J connectivity index is 1.72. The third-order valence-electron chi connectivity index (χ3n) is 3.68. The lowest BCUT2D eigenvalue weighted by molar-refractivity contribution is 0.102. The number of thiazole rings is 1. The van der Waals surface area contributed by atoms with Crippen LogP contribution in [-0.4, -0.2) is 10.9 Å². The minimum Gasteiger partial charge on any atom is -0.298 e. The van der Waals surface area contributed by atoms with Crippen LogP contribution in [0.25, 0.3) is 21.0 Å². The minimum absolute atomic E-state index is 0.276. The smallest absolute Gasteiger partial charge is 0.258 e. The molecule has 0 spiro atoms. The fourth-order valence-corrected chi connectivity index (χ4v) is 3.71. The molecule has 0 saturated carbocycles. The molecule has 3 aromatic carbocycles. The predicted octanol–water partition coefficient (Wildman–Crippen LogP) is 5.49. The Morgan fingerprint density at radius 2 is 1.88 bits per heavy atom. The number of benzene rings is 3. The second-order valence-corrected chi connectivity index (χ2v) is 6.66. The van der Waals surface area contributed by atoms with Gasteiger partial charge in [-0.15, -0.1) is 0 Å². The number of nitrogens with one attached hydrogen (secondary N) is 1. The molecule has 6 heteroatoms. The Morgan fingerprint density at radius 3 is 2.75 bits per heavy atom. The van der Waals surface area contributed by atoms with Crippen LogP contribution in [0, 0.1) is 5.82 Å². The number of aromatic nitrogens is 1. The second kappa shape index (κ2) is 5.85. The van der Waals surface area contributed by atoms with Crippen molar-refractivity contribution in [1.82, 2.24) is 4.98 Å². The number of halogens is 2. The Kier molecular flexibility index (Phi) is 3.67. The van der Waals surface area contributed by atoms with E-state index in [2.05, 4.69) is 10.3 Å². The number of carbonyl (C=O) groups is 1. The predicted molar refractivity (Wildman–Crippen MR) is 96.5 cm³/mol. The monoisotopic (exact) mass is 356 g/mol. The summed E-state index contributed by atoms with van der Waals surface area (Å²) < 4.78 is 14.0. The molecule has 1 aromatic heterocycles. The van der Waals surface area contributed by atoms with E-state index in [-0.39, 0.29) is 11.7 Å². The lowest BCUT2D eigenvalue weighted by Crippen LogP contribution is -2.12. The van der Waals surface area contributed by atoms with E-state index in [1.807, 2.05) is 18.2 Å². The molecule has 0 bridgehead atoms. The van der Waals surface area contributed by atoms with Crippen molar-refractivity contribution in [1.29, 1.82) is 0 Å². The van der Waals surface area contributed by atoms with Crippen molar-refractivity contribution < 1.29 is 9.18 Å². The van der Waals surface area contributed by atoms with Crippen LogP contribution >= 0.6 is 22.9 Å². The number of carbonyl (C=O) groups excluding carboxylic acids is 1. The number of nitrogens with zero attached hydrogens (tertiary/aromatic N) is 1. The highest BCUT2D eigenvalue weighted by Gasteiger charge is 2.13. The van der Waals surface area contributed by atoms with Gasteiger partial charge in [-0.05, 0) is 35.7 Å². The standard InChI is InChI=1S/C18H10ClFN2OS/c19-14-6-2-3-11-12(14)4-1-5-13(11)17(23)22-18-21-15-8-7-10(20)9-16(15)24-18/h1-9H,(H,21,22,23). The van der Waals surface area contributed by atoms with E-state index >= 15 is 0 Å². The Bertz CT molecular complexity index is 1090. The maximum atomic E-state index is 13.3. The molecular weight excluding hydrogens is 347 g/mol. The highest BCUT2D eigenvalue weighted by atomic mass is 35.5. The van der Waals surface area contributed by atoms with Gasteiger partial charge in [0, 0.05) is 16.0 Å². The van der Waals surface area contributed by atoms with Crippen LogP contribution in [0.4, 0.5) is 9.52 Å². The summed E-state index contributed by atoms with van der Waals surface area (Å²) in [5.74, 6) is -0.602. The molecule has 0 atom stereocenters. The molecule has 3 nitrogen and oxygen atoms in total. The Labute approximate surface area is 145 Å². The molecule has 0 aliphatic heterocycles. The largest absolute Gasteiger partial charge is 0.298 e. The van der Waals surface area contributed by atoms with Crippen LogP contribution in [0.5, 0.6) is 0 Å². The summed E-state index contributed by atoms with van der Waals surface area (Å²) in [6.45, 7) is 0. The fourth-order valence-electron chi connectivity index (χ4n) is 2.59. The zero-order valence-corrected chi connectivity index (χ0v) is 13.8. The normalized spacial score (nSPS) is 11.1. The highest BCUT2D eigenvalue weighted by Crippen LogP contribution is 2.29. The van der Waals surface area contributed by atoms with Gasteiger partial charge >= 0.3 is 0 Å². The van der Waals surface area contributed by atoms with E-state index in [4.69, 9.17) is 11.6 Å². The van der Waals surface area contributed by atoms with Crippen molar-refractivity contribution in [3.8, 4) is 0 Å². The van der Waals surface area contributed by atoms with Crippen LogP contribution in [0.15, 0.2) is 54.6 Å². The van der Waals surface area contributed by atoms with Gasteiger partial charge in [-0.3, -0.25) is 10.1 Å². The van der Waals surface area contributed by atoms with E-state index in [9.17, 15) is 9.18 Å². The molecular formula is C18H10ClFN2OS. The van der Waals surface area contributed by atoms with Crippen molar-refractivity contribution >= 4 is 55.0 Å². The lowest BCUT2D eigenvalue weighted by Gasteiger charge is -2.07. The zero-order valence-electron chi connectivity index (χ0n) is 12.2. The summed E-state index contributed by atoms with van der Waals surface area (Å²) in [5, 5.41) is 5.40. The van der Waals surface area contributed by atoms with Crippen LogP contribution in [0.1, 0.15) is 10.4 Å². The van der Waals surface area contributed by atoms with Crippen molar-refractivity contribution in [2.24, 2.45) is 0 Å². The molecule has 1 heterocycles. The maximum absolute atomic E-state index is 13.3. The first-order chi connectivity index (χ1) is 11.6. The molecule has 4 rings (SSSR count). The third-order valence-corrected chi connectivity index (χ3v) is 4.95. The van der Waals surface area contributed by atoms with E-state index in [0.29, 0.717) is 25.9 Å². The molecule has 118 valence electrons.